The number of benzene rings is 1. The van der Waals surface area contributed by atoms with Crippen LogP contribution in [0.3, 0.4) is 0 Å². The molecule has 1 aromatic carbocycles. The van der Waals surface area contributed by atoms with Crippen LogP contribution in [0.2, 0.25) is 0 Å². The molecule has 0 aliphatic carbocycles. The van der Waals surface area contributed by atoms with Crippen molar-refractivity contribution in [2.24, 2.45) is 0 Å². The molecule has 0 saturated heterocycles. The molecule has 1 rings (SSSR count). The second kappa shape index (κ2) is 10.5. The van der Waals surface area contributed by atoms with Gasteiger partial charge in [-0.3, -0.25) is 4.79 Å². The molecular weight excluding hydrogens is 368 g/mol. The van der Waals surface area contributed by atoms with Gasteiger partial charge in [0.1, 0.15) is 12.4 Å². The molecule has 0 aliphatic heterocycles. The lowest BCUT2D eigenvalue weighted by molar-refractivity contribution is -0.138. The lowest BCUT2D eigenvalue weighted by atomic mass is 10.1. The van der Waals surface area contributed by atoms with Crippen LogP contribution in [0.15, 0.2) is 18.2 Å². The first-order valence-electron chi connectivity index (χ1n) is 9.22. The first-order chi connectivity index (χ1) is 12.7. The highest BCUT2D eigenvalue weighted by Crippen LogP contribution is 2.29. The molecular formula is C19H32N2O5S. The van der Waals surface area contributed by atoms with Crippen LogP contribution in [0.4, 0.5) is 5.69 Å². The van der Waals surface area contributed by atoms with E-state index in [2.05, 4.69) is 4.90 Å². The molecule has 1 atom stereocenters. The maximum Gasteiger partial charge on any atom is 0.306 e. The number of carbonyl (C=O) groups excluding carboxylic acids is 1. The molecule has 0 spiro atoms. The van der Waals surface area contributed by atoms with Crippen molar-refractivity contribution in [3.05, 3.63) is 23.8 Å². The van der Waals surface area contributed by atoms with Crippen LogP contribution in [0.25, 0.3) is 0 Å². The number of hydrogen-bond donors (Lipinski definition) is 0. The quantitative estimate of drug-likeness (QED) is 0.532. The SMILES string of the molecule is CC[C@@H](C)N(Cc1ccc(N(CC)CC)cc1OS(C)(=O)=O)C(=O)COC. The topological polar surface area (TPSA) is 76.2 Å². The van der Waals surface area contributed by atoms with Crippen LogP contribution >= 0.6 is 0 Å². The third-order valence-corrected chi connectivity index (χ3v) is 4.95. The van der Waals surface area contributed by atoms with Crippen molar-refractivity contribution in [3.63, 3.8) is 0 Å². The van der Waals surface area contributed by atoms with Crippen molar-refractivity contribution in [1.29, 1.82) is 0 Å². The number of amides is 1. The predicted molar refractivity (Wildman–Crippen MR) is 108 cm³/mol. The van der Waals surface area contributed by atoms with E-state index in [4.69, 9.17) is 8.92 Å². The summed E-state index contributed by atoms with van der Waals surface area (Å²) in [6, 6.07) is 5.46. The average Bonchev–Trinajstić information content (AvgIpc) is 2.60. The fraction of sp³-hybridized carbons (Fsp3) is 0.632. The van der Waals surface area contributed by atoms with E-state index in [1.807, 2.05) is 39.8 Å². The Balaban J connectivity index is 3.31. The molecule has 0 fully saturated rings. The van der Waals surface area contributed by atoms with Gasteiger partial charge in [-0.2, -0.15) is 8.42 Å². The molecule has 0 aliphatic rings. The van der Waals surface area contributed by atoms with Gasteiger partial charge in [0.05, 0.1) is 6.26 Å². The van der Waals surface area contributed by atoms with Crippen molar-refractivity contribution in [2.75, 3.05) is 38.0 Å². The smallest absolute Gasteiger partial charge is 0.306 e. The normalized spacial score (nSPS) is 12.5. The summed E-state index contributed by atoms with van der Waals surface area (Å²) in [5, 5.41) is 0. The second-order valence-corrected chi connectivity index (χ2v) is 8.04. The zero-order chi connectivity index (χ0) is 20.6. The van der Waals surface area contributed by atoms with Crippen LogP contribution in [0.5, 0.6) is 5.75 Å². The molecule has 8 heteroatoms. The maximum atomic E-state index is 12.4. The molecule has 0 aromatic heterocycles. The molecule has 0 radical (unpaired) electrons. The third kappa shape index (κ3) is 7.03. The summed E-state index contributed by atoms with van der Waals surface area (Å²) in [5.41, 5.74) is 1.52. The van der Waals surface area contributed by atoms with E-state index in [0.29, 0.717) is 5.56 Å². The molecule has 154 valence electrons. The molecule has 27 heavy (non-hydrogen) atoms. The monoisotopic (exact) mass is 400 g/mol. The van der Waals surface area contributed by atoms with E-state index >= 15 is 0 Å². The number of ether oxygens (including phenoxy) is 1. The van der Waals surface area contributed by atoms with Crippen molar-refractivity contribution < 1.29 is 22.1 Å². The van der Waals surface area contributed by atoms with E-state index in [-0.39, 0.29) is 30.9 Å². The largest absolute Gasteiger partial charge is 0.382 e. The van der Waals surface area contributed by atoms with Gasteiger partial charge in [0.15, 0.2) is 0 Å². The summed E-state index contributed by atoms with van der Waals surface area (Å²) in [6.45, 7) is 9.82. The van der Waals surface area contributed by atoms with Gasteiger partial charge in [-0.25, -0.2) is 0 Å². The number of nitrogens with zero attached hydrogens (tertiary/aromatic N) is 2. The average molecular weight is 401 g/mol. The standard InChI is InChI=1S/C19H32N2O5S/c1-7-15(4)21(19(22)14-25-5)13-16-10-11-17(20(8-2)9-3)12-18(16)26-27(6,23)24/h10-12,15H,7-9,13-14H2,1-6H3/t15-/m1/s1. The Morgan fingerprint density at radius 1 is 1.19 bits per heavy atom. The van der Waals surface area contributed by atoms with Crippen LogP contribution in [0, 0.1) is 0 Å². The van der Waals surface area contributed by atoms with Gasteiger partial charge >= 0.3 is 10.1 Å². The Hall–Kier alpha value is -1.80. The lowest BCUT2D eigenvalue weighted by Gasteiger charge is -2.29. The molecule has 0 N–H and O–H groups in total. The minimum Gasteiger partial charge on any atom is -0.382 e. The second-order valence-electron chi connectivity index (χ2n) is 6.46. The summed E-state index contributed by atoms with van der Waals surface area (Å²) >= 11 is 0. The van der Waals surface area contributed by atoms with E-state index in [1.54, 1.807) is 11.0 Å². The Labute approximate surface area is 163 Å². The highest BCUT2D eigenvalue weighted by molar-refractivity contribution is 7.86. The first kappa shape index (κ1) is 23.2. The Morgan fingerprint density at radius 2 is 1.81 bits per heavy atom. The minimum atomic E-state index is -3.69. The maximum absolute atomic E-state index is 12.4. The fourth-order valence-electron chi connectivity index (χ4n) is 2.80. The summed E-state index contributed by atoms with van der Waals surface area (Å²) < 4.78 is 33.7. The zero-order valence-corrected chi connectivity index (χ0v) is 18.0. The fourth-order valence-corrected chi connectivity index (χ4v) is 3.28. The van der Waals surface area contributed by atoms with Crippen LogP contribution in [0.1, 0.15) is 39.7 Å². The van der Waals surface area contributed by atoms with Crippen LogP contribution < -0.4 is 9.08 Å². The molecule has 7 nitrogen and oxygen atoms in total. The van der Waals surface area contributed by atoms with Crippen molar-refractivity contribution >= 4 is 21.7 Å². The van der Waals surface area contributed by atoms with E-state index in [1.165, 1.54) is 7.11 Å². The van der Waals surface area contributed by atoms with E-state index < -0.39 is 10.1 Å². The number of methoxy groups -OCH3 is 1. The number of anilines is 1. The highest BCUT2D eigenvalue weighted by Gasteiger charge is 2.22. The first-order valence-corrected chi connectivity index (χ1v) is 11.0. The van der Waals surface area contributed by atoms with Crippen LogP contribution in [-0.4, -0.2) is 58.3 Å². The summed E-state index contributed by atoms with van der Waals surface area (Å²) in [7, 11) is -2.22. The summed E-state index contributed by atoms with van der Waals surface area (Å²) in [6.07, 6.45) is 1.79. The number of rotatable bonds is 11. The molecule has 0 saturated carbocycles. The molecule has 0 heterocycles. The van der Waals surface area contributed by atoms with Gasteiger partial charge in [-0.15, -0.1) is 0 Å². The van der Waals surface area contributed by atoms with Gasteiger partial charge in [0, 0.05) is 50.1 Å². The van der Waals surface area contributed by atoms with Gasteiger partial charge in [0.2, 0.25) is 5.91 Å². The van der Waals surface area contributed by atoms with Gasteiger partial charge in [-0.1, -0.05) is 13.0 Å². The third-order valence-electron chi connectivity index (χ3n) is 4.47. The number of carbonyl (C=O) groups is 1. The van der Waals surface area contributed by atoms with E-state index in [9.17, 15) is 13.2 Å². The van der Waals surface area contributed by atoms with Gasteiger partial charge < -0.3 is 18.7 Å². The molecule has 1 amide bonds. The Bertz CT molecular complexity index is 717. The lowest BCUT2D eigenvalue weighted by Crippen LogP contribution is -2.40. The molecule has 1 aromatic rings. The number of hydrogen-bond acceptors (Lipinski definition) is 6. The predicted octanol–water partition coefficient (Wildman–Crippen LogP) is 2.64. The van der Waals surface area contributed by atoms with Crippen molar-refractivity contribution in [3.8, 4) is 5.75 Å². The molecule has 0 unspecified atom stereocenters. The highest BCUT2D eigenvalue weighted by atomic mass is 32.2. The van der Waals surface area contributed by atoms with E-state index in [0.717, 1.165) is 31.5 Å². The Morgan fingerprint density at radius 3 is 2.30 bits per heavy atom. The molecule has 0 bridgehead atoms. The van der Waals surface area contributed by atoms with Gasteiger partial charge in [0.25, 0.3) is 0 Å². The van der Waals surface area contributed by atoms with Crippen LogP contribution in [-0.2, 0) is 26.2 Å². The van der Waals surface area contributed by atoms with Crippen molar-refractivity contribution in [2.45, 2.75) is 46.7 Å². The van der Waals surface area contributed by atoms with Crippen molar-refractivity contribution in [1.82, 2.24) is 4.90 Å². The van der Waals surface area contributed by atoms with Gasteiger partial charge in [-0.05, 0) is 33.3 Å². The summed E-state index contributed by atoms with van der Waals surface area (Å²) in [4.78, 5) is 16.2. The Kier molecular flexibility index (Phi) is 9.05. The summed E-state index contributed by atoms with van der Waals surface area (Å²) in [5.74, 6) is 0.102. The zero-order valence-electron chi connectivity index (χ0n) is 17.2. The minimum absolute atomic E-state index is 0.0128.